The van der Waals surface area contributed by atoms with Crippen molar-refractivity contribution in [2.45, 2.75) is 19.9 Å². The maximum absolute atomic E-state index is 12.9. The van der Waals surface area contributed by atoms with E-state index in [-0.39, 0.29) is 11.9 Å². The first-order chi connectivity index (χ1) is 15.6. The van der Waals surface area contributed by atoms with Gasteiger partial charge in [-0.2, -0.15) is 0 Å². The van der Waals surface area contributed by atoms with Crippen LogP contribution in [-0.4, -0.2) is 13.0 Å². The minimum absolute atomic E-state index is 0.110. The van der Waals surface area contributed by atoms with Crippen molar-refractivity contribution in [2.24, 2.45) is 0 Å². The number of benzene rings is 3. The lowest BCUT2D eigenvalue weighted by atomic mass is 9.96. The number of hydrogen-bond donors (Lipinski definition) is 2. The lowest BCUT2D eigenvalue weighted by Crippen LogP contribution is -2.17. The summed E-state index contributed by atoms with van der Waals surface area (Å²) in [5.41, 5.74) is 4.95. The van der Waals surface area contributed by atoms with E-state index in [9.17, 15) is 4.79 Å². The van der Waals surface area contributed by atoms with E-state index in [0.717, 1.165) is 27.6 Å². The Kier molecular flexibility index (Phi) is 6.57. The Hall–Kier alpha value is -3.57. The maximum Gasteiger partial charge on any atom is 0.256 e. The van der Waals surface area contributed by atoms with Crippen molar-refractivity contribution in [3.8, 4) is 5.75 Å². The molecule has 0 aliphatic heterocycles. The predicted molar refractivity (Wildman–Crippen MR) is 133 cm³/mol. The standard InChI is InChI=1S/C27H26N2O2S/c1-18-19(2)32-27(29-26(30)21-13-8-5-9-14-21)24(18)25(20-11-6-4-7-12-20)28-22-15-10-16-23(17-22)31-3/h4-17,25,28H,1-3H3,(H,29,30)/t25-/m1/s1. The molecule has 4 rings (SSSR count). The number of anilines is 2. The summed E-state index contributed by atoms with van der Waals surface area (Å²) in [6.45, 7) is 4.21. The van der Waals surface area contributed by atoms with Crippen LogP contribution in [0, 0.1) is 13.8 Å². The largest absolute Gasteiger partial charge is 0.497 e. The third-order valence-electron chi connectivity index (χ3n) is 5.50. The Morgan fingerprint density at radius 2 is 1.59 bits per heavy atom. The van der Waals surface area contributed by atoms with Gasteiger partial charge in [0.1, 0.15) is 10.8 Å². The van der Waals surface area contributed by atoms with E-state index in [1.165, 1.54) is 10.4 Å². The van der Waals surface area contributed by atoms with Crippen molar-refractivity contribution in [2.75, 3.05) is 17.7 Å². The Morgan fingerprint density at radius 3 is 2.28 bits per heavy atom. The molecule has 0 saturated carbocycles. The van der Waals surface area contributed by atoms with Crippen LogP contribution < -0.4 is 15.4 Å². The molecule has 2 N–H and O–H groups in total. The second-order valence-electron chi connectivity index (χ2n) is 7.57. The van der Waals surface area contributed by atoms with Crippen molar-refractivity contribution in [3.05, 3.63) is 112 Å². The van der Waals surface area contributed by atoms with Crippen LogP contribution in [0.5, 0.6) is 5.75 Å². The van der Waals surface area contributed by atoms with Gasteiger partial charge in [-0.15, -0.1) is 11.3 Å². The van der Waals surface area contributed by atoms with Gasteiger partial charge in [0.15, 0.2) is 0 Å². The smallest absolute Gasteiger partial charge is 0.256 e. The third kappa shape index (κ3) is 4.68. The summed E-state index contributed by atoms with van der Waals surface area (Å²) in [5, 5.41) is 7.69. The number of rotatable bonds is 7. The Bertz CT molecular complexity index is 1200. The quantitative estimate of drug-likeness (QED) is 0.330. The second-order valence-corrected chi connectivity index (χ2v) is 8.79. The van der Waals surface area contributed by atoms with Crippen LogP contribution in [-0.2, 0) is 0 Å². The van der Waals surface area contributed by atoms with Gasteiger partial charge in [0.05, 0.1) is 13.2 Å². The molecule has 0 bridgehead atoms. The zero-order chi connectivity index (χ0) is 22.5. The number of carbonyl (C=O) groups excluding carboxylic acids is 1. The van der Waals surface area contributed by atoms with E-state index in [2.05, 4.69) is 36.6 Å². The number of aryl methyl sites for hydroxylation is 1. The molecule has 1 amide bonds. The monoisotopic (exact) mass is 442 g/mol. The summed E-state index contributed by atoms with van der Waals surface area (Å²) in [6, 6.07) is 27.3. The molecule has 4 aromatic rings. The van der Waals surface area contributed by atoms with Crippen molar-refractivity contribution in [3.63, 3.8) is 0 Å². The maximum atomic E-state index is 12.9. The molecule has 32 heavy (non-hydrogen) atoms. The summed E-state index contributed by atoms with van der Waals surface area (Å²) in [7, 11) is 1.66. The van der Waals surface area contributed by atoms with Crippen LogP contribution in [0.1, 0.15) is 38.0 Å². The van der Waals surface area contributed by atoms with Gasteiger partial charge in [0, 0.05) is 27.8 Å². The molecular formula is C27H26N2O2S. The number of thiophene rings is 1. The summed E-state index contributed by atoms with van der Waals surface area (Å²) in [4.78, 5) is 14.1. The topological polar surface area (TPSA) is 50.4 Å². The van der Waals surface area contributed by atoms with E-state index in [0.29, 0.717) is 5.56 Å². The van der Waals surface area contributed by atoms with Crippen LogP contribution in [0.3, 0.4) is 0 Å². The van der Waals surface area contributed by atoms with Gasteiger partial charge in [0.25, 0.3) is 5.91 Å². The van der Waals surface area contributed by atoms with Gasteiger partial charge in [-0.3, -0.25) is 4.79 Å². The molecule has 1 heterocycles. The summed E-state index contributed by atoms with van der Waals surface area (Å²) >= 11 is 1.61. The molecule has 0 spiro atoms. The van der Waals surface area contributed by atoms with E-state index in [1.807, 2.05) is 72.8 Å². The molecule has 0 radical (unpaired) electrons. The molecule has 1 aromatic heterocycles. The number of methoxy groups -OCH3 is 1. The number of ether oxygens (including phenoxy) is 1. The molecule has 0 unspecified atom stereocenters. The summed E-state index contributed by atoms with van der Waals surface area (Å²) in [5.74, 6) is 0.680. The molecule has 4 nitrogen and oxygen atoms in total. The highest BCUT2D eigenvalue weighted by Crippen LogP contribution is 2.41. The van der Waals surface area contributed by atoms with Gasteiger partial charge in [-0.05, 0) is 49.2 Å². The molecule has 1 atom stereocenters. The molecule has 0 saturated heterocycles. The zero-order valence-corrected chi connectivity index (χ0v) is 19.2. The van der Waals surface area contributed by atoms with E-state index in [1.54, 1.807) is 18.4 Å². The third-order valence-corrected chi connectivity index (χ3v) is 6.64. The molecule has 0 fully saturated rings. The lowest BCUT2D eigenvalue weighted by molar-refractivity contribution is 0.102. The first-order valence-corrected chi connectivity index (χ1v) is 11.3. The minimum atomic E-state index is -0.140. The zero-order valence-electron chi connectivity index (χ0n) is 18.4. The predicted octanol–water partition coefficient (Wildman–Crippen LogP) is 6.83. The van der Waals surface area contributed by atoms with Crippen LogP contribution in [0.2, 0.25) is 0 Å². The van der Waals surface area contributed by atoms with Crippen LogP contribution in [0.4, 0.5) is 10.7 Å². The fraction of sp³-hybridized carbons (Fsp3) is 0.148. The number of hydrogen-bond acceptors (Lipinski definition) is 4. The summed E-state index contributed by atoms with van der Waals surface area (Å²) < 4.78 is 5.41. The minimum Gasteiger partial charge on any atom is -0.497 e. The molecular weight excluding hydrogens is 416 g/mol. The SMILES string of the molecule is COc1cccc(N[C@H](c2ccccc2)c2c(NC(=O)c3ccccc3)sc(C)c2C)c1. The number of carbonyl (C=O) groups is 1. The average Bonchev–Trinajstić information content (AvgIpc) is 3.11. The molecule has 0 aliphatic rings. The Morgan fingerprint density at radius 1 is 0.906 bits per heavy atom. The molecule has 5 heteroatoms. The number of amides is 1. The lowest BCUT2D eigenvalue weighted by Gasteiger charge is -2.23. The fourth-order valence-electron chi connectivity index (χ4n) is 3.70. The van der Waals surface area contributed by atoms with Gasteiger partial charge in [-0.25, -0.2) is 0 Å². The fourth-order valence-corrected chi connectivity index (χ4v) is 4.79. The van der Waals surface area contributed by atoms with Crippen molar-refractivity contribution in [1.82, 2.24) is 0 Å². The highest BCUT2D eigenvalue weighted by atomic mass is 32.1. The molecule has 162 valence electrons. The van der Waals surface area contributed by atoms with Crippen molar-refractivity contribution >= 4 is 27.9 Å². The van der Waals surface area contributed by atoms with E-state index in [4.69, 9.17) is 4.74 Å². The first kappa shape index (κ1) is 21.7. The van der Waals surface area contributed by atoms with Crippen LogP contribution >= 0.6 is 11.3 Å². The van der Waals surface area contributed by atoms with Gasteiger partial charge < -0.3 is 15.4 Å². The van der Waals surface area contributed by atoms with Crippen LogP contribution in [0.25, 0.3) is 0 Å². The molecule has 3 aromatic carbocycles. The van der Waals surface area contributed by atoms with Crippen LogP contribution in [0.15, 0.2) is 84.9 Å². The van der Waals surface area contributed by atoms with E-state index >= 15 is 0 Å². The summed E-state index contributed by atoms with van der Waals surface area (Å²) in [6.07, 6.45) is 0. The first-order valence-electron chi connectivity index (χ1n) is 10.5. The second kappa shape index (κ2) is 9.71. The van der Waals surface area contributed by atoms with Crippen molar-refractivity contribution < 1.29 is 9.53 Å². The Labute approximate surface area is 192 Å². The van der Waals surface area contributed by atoms with Gasteiger partial charge in [0.2, 0.25) is 0 Å². The highest BCUT2D eigenvalue weighted by molar-refractivity contribution is 7.16. The van der Waals surface area contributed by atoms with Gasteiger partial charge >= 0.3 is 0 Å². The highest BCUT2D eigenvalue weighted by Gasteiger charge is 2.25. The van der Waals surface area contributed by atoms with E-state index < -0.39 is 0 Å². The van der Waals surface area contributed by atoms with Crippen molar-refractivity contribution in [1.29, 1.82) is 0 Å². The number of nitrogens with one attached hydrogen (secondary N) is 2. The normalized spacial score (nSPS) is 11.6. The Balaban J connectivity index is 1.76. The average molecular weight is 443 g/mol. The van der Waals surface area contributed by atoms with Gasteiger partial charge in [-0.1, -0.05) is 54.6 Å². The molecule has 0 aliphatic carbocycles.